The summed E-state index contributed by atoms with van der Waals surface area (Å²) in [4.78, 5) is 0. The van der Waals surface area contributed by atoms with Gasteiger partial charge < -0.3 is 0 Å². The Morgan fingerprint density at radius 2 is 1.63 bits per heavy atom. The Morgan fingerprint density at radius 1 is 1.00 bits per heavy atom. The van der Waals surface area contributed by atoms with E-state index in [1.54, 1.807) is 12.1 Å². The second-order valence-corrected chi connectivity index (χ2v) is 4.72. The molecule has 0 saturated heterocycles. The zero-order valence-electron chi connectivity index (χ0n) is 9.63. The van der Waals surface area contributed by atoms with Gasteiger partial charge in [0.25, 0.3) is 0 Å². The average Bonchev–Trinajstić information content (AvgIpc) is 2.37. The molecule has 2 aromatic rings. The molecular weight excluding hydrogens is 293 g/mol. The van der Waals surface area contributed by atoms with E-state index in [0.717, 1.165) is 0 Å². The van der Waals surface area contributed by atoms with E-state index < -0.39 is 17.7 Å². The molecule has 0 fully saturated rings. The fourth-order valence-electron chi connectivity index (χ4n) is 1.82. The maximum atomic E-state index is 13.8. The van der Waals surface area contributed by atoms with Crippen molar-refractivity contribution in [1.82, 2.24) is 5.43 Å². The van der Waals surface area contributed by atoms with Gasteiger partial charge in [-0.15, -0.1) is 0 Å². The van der Waals surface area contributed by atoms with Gasteiger partial charge in [-0.05, 0) is 29.8 Å². The van der Waals surface area contributed by atoms with Gasteiger partial charge in [0.15, 0.2) is 0 Å². The first-order valence-electron chi connectivity index (χ1n) is 5.39. The first-order valence-corrected chi connectivity index (χ1v) is 6.15. The lowest BCUT2D eigenvalue weighted by Gasteiger charge is -2.18. The van der Waals surface area contributed by atoms with Crippen molar-refractivity contribution in [1.29, 1.82) is 0 Å². The van der Waals surface area contributed by atoms with Crippen LogP contribution < -0.4 is 11.3 Å². The molecule has 1 atom stereocenters. The molecule has 0 aliphatic carbocycles. The van der Waals surface area contributed by atoms with Crippen molar-refractivity contribution in [2.45, 2.75) is 6.04 Å². The Morgan fingerprint density at radius 3 is 2.16 bits per heavy atom. The first-order chi connectivity index (χ1) is 9.04. The molecule has 2 aromatic carbocycles. The molecule has 100 valence electrons. The SMILES string of the molecule is NNC(c1ccc(Cl)c(Cl)c1)c1c(F)cccc1F. The molecule has 2 nitrogen and oxygen atoms in total. The summed E-state index contributed by atoms with van der Waals surface area (Å²) in [6.07, 6.45) is 0. The van der Waals surface area contributed by atoms with Gasteiger partial charge in [-0.1, -0.05) is 35.3 Å². The number of benzene rings is 2. The van der Waals surface area contributed by atoms with E-state index in [-0.39, 0.29) is 10.6 Å². The molecule has 0 aliphatic heterocycles. The zero-order valence-corrected chi connectivity index (χ0v) is 11.1. The van der Waals surface area contributed by atoms with E-state index >= 15 is 0 Å². The lowest BCUT2D eigenvalue weighted by Crippen LogP contribution is -2.30. The van der Waals surface area contributed by atoms with Crippen LogP contribution in [0.5, 0.6) is 0 Å². The minimum atomic E-state index is -0.851. The highest BCUT2D eigenvalue weighted by molar-refractivity contribution is 6.42. The van der Waals surface area contributed by atoms with Gasteiger partial charge in [0, 0.05) is 5.56 Å². The lowest BCUT2D eigenvalue weighted by molar-refractivity contribution is 0.510. The highest BCUT2D eigenvalue weighted by Gasteiger charge is 2.21. The van der Waals surface area contributed by atoms with Gasteiger partial charge in [0.05, 0.1) is 16.1 Å². The summed E-state index contributed by atoms with van der Waals surface area (Å²) in [5, 5.41) is 0.645. The molecule has 0 spiro atoms. The molecule has 0 heterocycles. The maximum Gasteiger partial charge on any atom is 0.131 e. The largest absolute Gasteiger partial charge is 0.271 e. The second kappa shape index (κ2) is 5.84. The number of hydrogen-bond donors (Lipinski definition) is 2. The van der Waals surface area contributed by atoms with Crippen molar-refractivity contribution in [3.05, 3.63) is 69.2 Å². The van der Waals surface area contributed by atoms with Crippen LogP contribution in [-0.4, -0.2) is 0 Å². The number of hydrogen-bond acceptors (Lipinski definition) is 2. The summed E-state index contributed by atoms with van der Waals surface area (Å²) in [5.41, 5.74) is 2.73. The van der Waals surface area contributed by atoms with Crippen LogP contribution in [0, 0.1) is 11.6 Å². The van der Waals surface area contributed by atoms with Crippen molar-refractivity contribution in [2.75, 3.05) is 0 Å². The lowest BCUT2D eigenvalue weighted by atomic mass is 9.98. The Bertz CT molecular complexity index is 585. The molecule has 0 radical (unpaired) electrons. The van der Waals surface area contributed by atoms with Gasteiger partial charge in [-0.2, -0.15) is 0 Å². The third-order valence-electron chi connectivity index (χ3n) is 2.73. The highest BCUT2D eigenvalue weighted by Crippen LogP contribution is 2.30. The number of hydrazine groups is 1. The van der Waals surface area contributed by atoms with Crippen molar-refractivity contribution >= 4 is 23.2 Å². The minimum Gasteiger partial charge on any atom is -0.271 e. The second-order valence-electron chi connectivity index (χ2n) is 3.91. The van der Waals surface area contributed by atoms with E-state index in [2.05, 4.69) is 5.43 Å². The van der Waals surface area contributed by atoms with Crippen LogP contribution in [-0.2, 0) is 0 Å². The Hall–Kier alpha value is -1.20. The van der Waals surface area contributed by atoms with Crippen molar-refractivity contribution in [2.24, 2.45) is 5.84 Å². The number of halogens is 4. The molecule has 2 rings (SSSR count). The maximum absolute atomic E-state index is 13.8. The number of rotatable bonds is 3. The summed E-state index contributed by atoms with van der Waals surface area (Å²) in [6.45, 7) is 0. The highest BCUT2D eigenvalue weighted by atomic mass is 35.5. The van der Waals surface area contributed by atoms with Crippen LogP contribution in [0.2, 0.25) is 10.0 Å². The minimum absolute atomic E-state index is 0.164. The predicted octanol–water partition coefficient (Wildman–Crippen LogP) is 3.82. The quantitative estimate of drug-likeness (QED) is 0.668. The summed E-state index contributed by atoms with van der Waals surface area (Å²) in [7, 11) is 0. The smallest absolute Gasteiger partial charge is 0.131 e. The van der Waals surface area contributed by atoms with Crippen molar-refractivity contribution in [3.8, 4) is 0 Å². The molecule has 0 amide bonds. The molecule has 0 saturated carbocycles. The van der Waals surface area contributed by atoms with Crippen LogP contribution in [0.3, 0.4) is 0 Å². The van der Waals surface area contributed by atoms with Gasteiger partial charge in [0.1, 0.15) is 11.6 Å². The molecule has 0 bridgehead atoms. The van der Waals surface area contributed by atoms with Gasteiger partial charge in [-0.25, -0.2) is 14.2 Å². The van der Waals surface area contributed by atoms with Crippen molar-refractivity contribution in [3.63, 3.8) is 0 Å². The molecule has 1 unspecified atom stereocenters. The molecular formula is C13H10Cl2F2N2. The molecule has 0 aromatic heterocycles. The van der Waals surface area contributed by atoms with Gasteiger partial charge in [0.2, 0.25) is 0 Å². The molecule has 6 heteroatoms. The monoisotopic (exact) mass is 302 g/mol. The fraction of sp³-hybridized carbons (Fsp3) is 0.0769. The van der Waals surface area contributed by atoms with E-state index in [0.29, 0.717) is 10.6 Å². The van der Waals surface area contributed by atoms with Crippen LogP contribution in [0.25, 0.3) is 0 Å². The van der Waals surface area contributed by atoms with Gasteiger partial charge in [-0.3, -0.25) is 5.84 Å². The van der Waals surface area contributed by atoms with E-state index in [4.69, 9.17) is 29.0 Å². The third kappa shape index (κ3) is 2.87. The van der Waals surface area contributed by atoms with E-state index in [9.17, 15) is 8.78 Å². The summed E-state index contributed by atoms with van der Waals surface area (Å²) in [6, 6.07) is 7.43. The third-order valence-corrected chi connectivity index (χ3v) is 3.47. The van der Waals surface area contributed by atoms with Crippen LogP contribution >= 0.6 is 23.2 Å². The topological polar surface area (TPSA) is 38.0 Å². The Kier molecular flexibility index (Phi) is 4.37. The summed E-state index contributed by atoms with van der Waals surface area (Å²) < 4.78 is 27.5. The van der Waals surface area contributed by atoms with Crippen LogP contribution in [0.15, 0.2) is 36.4 Å². The van der Waals surface area contributed by atoms with Crippen LogP contribution in [0.4, 0.5) is 8.78 Å². The van der Waals surface area contributed by atoms with E-state index in [1.807, 2.05) is 0 Å². The van der Waals surface area contributed by atoms with Crippen LogP contribution in [0.1, 0.15) is 17.2 Å². The summed E-state index contributed by atoms with van der Waals surface area (Å²) in [5.74, 6) is 4.03. The predicted molar refractivity (Wildman–Crippen MR) is 72.0 cm³/mol. The fourth-order valence-corrected chi connectivity index (χ4v) is 2.13. The van der Waals surface area contributed by atoms with E-state index in [1.165, 1.54) is 24.3 Å². The standard InChI is InChI=1S/C13H10Cl2F2N2/c14-8-5-4-7(6-9(8)15)13(19-18)12-10(16)2-1-3-11(12)17/h1-6,13,19H,18H2. The zero-order chi connectivity index (χ0) is 14.0. The number of nitrogens with one attached hydrogen (secondary N) is 1. The Labute approximate surface area is 119 Å². The van der Waals surface area contributed by atoms with Gasteiger partial charge >= 0.3 is 0 Å². The Balaban J connectivity index is 2.53. The average molecular weight is 303 g/mol. The molecule has 0 aliphatic rings. The molecule has 3 N–H and O–H groups in total. The van der Waals surface area contributed by atoms with Crippen molar-refractivity contribution < 1.29 is 8.78 Å². The first kappa shape index (κ1) is 14.2. The summed E-state index contributed by atoms with van der Waals surface area (Å²) >= 11 is 11.7. The normalized spacial score (nSPS) is 12.5. The molecule has 19 heavy (non-hydrogen) atoms. The number of nitrogens with two attached hydrogens (primary N) is 1.